The first-order chi connectivity index (χ1) is 26.4. The van der Waals surface area contributed by atoms with Gasteiger partial charge in [0.05, 0.1) is 61.4 Å². The van der Waals surface area contributed by atoms with E-state index in [1.165, 1.54) is 39.3 Å². The van der Waals surface area contributed by atoms with Gasteiger partial charge >= 0.3 is 7.12 Å². The second-order valence-corrected chi connectivity index (χ2v) is 19.4. The molecule has 1 unspecified atom stereocenters. The smallest absolute Gasteiger partial charge is 0.423 e. The molecule has 2 heterocycles. The normalized spacial score (nSPS) is 20.7. The van der Waals surface area contributed by atoms with Crippen molar-refractivity contribution in [2.24, 2.45) is 0 Å². The second kappa shape index (κ2) is 16.4. The molecule has 6 rings (SSSR count). The highest BCUT2D eigenvalue weighted by molar-refractivity contribution is 6.58. The van der Waals surface area contributed by atoms with Crippen molar-refractivity contribution >= 4 is 29.6 Å². The van der Waals surface area contributed by atoms with E-state index in [0.29, 0.717) is 5.46 Å². The van der Waals surface area contributed by atoms with Crippen LogP contribution >= 0.6 is 0 Å². The number of anilines is 3. The zero-order chi connectivity index (χ0) is 40.5. The Kier molecular flexibility index (Phi) is 12.2. The zero-order valence-corrected chi connectivity index (χ0v) is 35.9. The molecule has 0 spiro atoms. The van der Waals surface area contributed by atoms with E-state index in [9.17, 15) is 10.0 Å². The molecule has 0 saturated heterocycles. The lowest BCUT2D eigenvalue weighted by Gasteiger charge is -2.34. The first kappa shape index (κ1) is 41.6. The van der Waals surface area contributed by atoms with E-state index < -0.39 is 7.12 Å². The Labute approximate surface area is 338 Å². The molecule has 7 nitrogen and oxygen atoms in total. The number of hydrogen-bond acceptors (Lipinski definition) is 5. The van der Waals surface area contributed by atoms with E-state index in [4.69, 9.17) is 0 Å². The SMILES string of the molecule is CC1(C)/C(=C\C=C2/CCCC(/C=C/C3N(CCC[N+](C)(C)C)c4ccccc4C3(C)C)=C2Nc2cccc(B(O)O)c2)N(CCC[N+](C)(C)C)c2ccccc21. The van der Waals surface area contributed by atoms with Gasteiger partial charge in [0.1, 0.15) is 0 Å². The van der Waals surface area contributed by atoms with Crippen molar-refractivity contribution < 1.29 is 19.0 Å². The Morgan fingerprint density at radius 3 is 2.09 bits per heavy atom. The van der Waals surface area contributed by atoms with E-state index in [1.54, 1.807) is 6.07 Å². The van der Waals surface area contributed by atoms with E-state index in [-0.39, 0.29) is 16.9 Å². The standard InChI is InChI=1S/C48H68BN5O2/c1-47(2)40-23-11-13-25-42(40)51(31-17-33-53(5,6)7)44(47)29-27-36-19-15-20-37(46(36)50-39-22-16-21-38(35-39)49(55)56)28-30-45-48(3,4)41-24-12-14-26-43(41)52(45)32-18-34-54(8,9)10/h11-14,16,21-30,35,44,50,55-56H,15,17-20,31-34H2,1-10H3/q+2/b29-27+,37-28+,45-30+. The molecule has 3 aromatic rings. The number of nitrogens with zero attached hydrogens (tertiary/aromatic N) is 4. The van der Waals surface area contributed by atoms with Gasteiger partial charge in [-0.15, -0.1) is 0 Å². The van der Waals surface area contributed by atoms with Crippen LogP contribution < -0.4 is 20.6 Å². The lowest BCUT2D eigenvalue weighted by atomic mass is 9.79. The summed E-state index contributed by atoms with van der Waals surface area (Å²) in [5.41, 5.74) is 11.6. The lowest BCUT2D eigenvalue weighted by molar-refractivity contribution is -0.870. The number of benzene rings is 3. The van der Waals surface area contributed by atoms with Crippen LogP contribution in [0.2, 0.25) is 0 Å². The summed E-state index contributed by atoms with van der Waals surface area (Å²) in [4.78, 5) is 5.19. The lowest BCUT2D eigenvalue weighted by Crippen LogP contribution is -2.42. The molecule has 3 aliphatic rings. The quantitative estimate of drug-likeness (QED) is 0.116. The highest BCUT2D eigenvalue weighted by Crippen LogP contribution is 2.48. The van der Waals surface area contributed by atoms with E-state index in [2.05, 4.69) is 158 Å². The molecule has 0 saturated carbocycles. The van der Waals surface area contributed by atoms with Gasteiger partial charge in [0, 0.05) is 65.2 Å². The number of fused-ring (bicyclic) bond motifs is 2. The second-order valence-electron chi connectivity index (χ2n) is 19.4. The number of para-hydroxylation sites is 2. The molecule has 0 aromatic heterocycles. The predicted octanol–water partition coefficient (Wildman–Crippen LogP) is 7.74. The Morgan fingerprint density at radius 1 is 0.768 bits per heavy atom. The number of nitrogens with one attached hydrogen (secondary N) is 1. The predicted molar refractivity (Wildman–Crippen MR) is 239 cm³/mol. The van der Waals surface area contributed by atoms with Gasteiger partial charge in [0.25, 0.3) is 0 Å². The highest BCUT2D eigenvalue weighted by Gasteiger charge is 2.43. The zero-order valence-electron chi connectivity index (χ0n) is 35.9. The average molecular weight is 758 g/mol. The summed E-state index contributed by atoms with van der Waals surface area (Å²) in [6, 6.07) is 25.6. The van der Waals surface area contributed by atoms with Crippen LogP contribution in [0.1, 0.15) is 70.9 Å². The summed E-state index contributed by atoms with van der Waals surface area (Å²) < 4.78 is 1.91. The van der Waals surface area contributed by atoms with Crippen LogP contribution in [-0.4, -0.2) is 101 Å². The van der Waals surface area contributed by atoms with Crippen molar-refractivity contribution in [2.75, 3.05) is 83.6 Å². The molecule has 3 aromatic carbocycles. The van der Waals surface area contributed by atoms with Crippen LogP contribution in [0.5, 0.6) is 0 Å². The van der Waals surface area contributed by atoms with Crippen LogP contribution in [0.3, 0.4) is 0 Å². The van der Waals surface area contributed by atoms with Gasteiger partial charge in [-0.3, -0.25) is 0 Å². The van der Waals surface area contributed by atoms with E-state index in [0.717, 1.165) is 78.6 Å². The molecule has 0 radical (unpaired) electrons. The van der Waals surface area contributed by atoms with Gasteiger partial charge in [0.2, 0.25) is 0 Å². The van der Waals surface area contributed by atoms with Crippen molar-refractivity contribution in [3.63, 3.8) is 0 Å². The summed E-state index contributed by atoms with van der Waals surface area (Å²) in [5, 5.41) is 23.9. The van der Waals surface area contributed by atoms with Gasteiger partial charge in [-0.1, -0.05) is 94.5 Å². The third-order valence-electron chi connectivity index (χ3n) is 12.1. The molecule has 1 aliphatic carbocycles. The van der Waals surface area contributed by atoms with Crippen molar-refractivity contribution in [1.82, 2.24) is 0 Å². The maximum Gasteiger partial charge on any atom is 0.488 e. The maximum absolute atomic E-state index is 10.1. The minimum atomic E-state index is -1.53. The molecule has 3 N–H and O–H groups in total. The third-order valence-corrected chi connectivity index (χ3v) is 12.1. The maximum atomic E-state index is 10.1. The molecule has 0 bridgehead atoms. The van der Waals surface area contributed by atoms with Gasteiger partial charge in [-0.05, 0) is 77.3 Å². The van der Waals surface area contributed by atoms with E-state index in [1.807, 2.05) is 18.2 Å². The third kappa shape index (κ3) is 9.21. The van der Waals surface area contributed by atoms with Gasteiger partial charge in [-0.25, -0.2) is 0 Å². The highest BCUT2D eigenvalue weighted by atomic mass is 16.4. The van der Waals surface area contributed by atoms with Crippen molar-refractivity contribution in [3.05, 3.63) is 131 Å². The van der Waals surface area contributed by atoms with Crippen molar-refractivity contribution in [3.8, 4) is 0 Å². The Hall–Kier alpha value is -4.08. The van der Waals surface area contributed by atoms with Crippen molar-refractivity contribution in [1.29, 1.82) is 0 Å². The summed E-state index contributed by atoms with van der Waals surface area (Å²) in [5.74, 6) is 0. The minimum absolute atomic E-state index is 0.0560. The van der Waals surface area contributed by atoms with Gasteiger partial charge < -0.3 is 34.1 Å². The summed E-state index contributed by atoms with van der Waals surface area (Å²) in [6.07, 6.45) is 14.8. The van der Waals surface area contributed by atoms with Crippen LogP contribution in [0.15, 0.2) is 120 Å². The molecule has 2 aliphatic heterocycles. The van der Waals surface area contributed by atoms with Crippen LogP contribution in [0.25, 0.3) is 0 Å². The molecular formula is C48H68BN5O2+2. The summed E-state index contributed by atoms with van der Waals surface area (Å²) in [6.45, 7) is 13.7. The number of hydrogen-bond donors (Lipinski definition) is 3. The largest absolute Gasteiger partial charge is 0.488 e. The number of rotatable bonds is 14. The van der Waals surface area contributed by atoms with E-state index >= 15 is 0 Å². The molecular weight excluding hydrogens is 689 g/mol. The molecule has 0 fully saturated rings. The Bertz CT molecular complexity index is 1990. The number of quaternary nitrogens is 2. The Balaban J connectivity index is 1.41. The average Bonchev–Trinajstić information content (AvgIpc) is 3.48. The fraction of sp³-hybridized carbons (Fsp3) is 0.458. The van der Waals surface area contributed by atoms with Crippen LogP contribution in [0.4, 0.5) is 17.1 Å². The van der Waals surface area contributed by atoms with Crippen LogP contribution in [-0.2, 0) is 10.8 Å². The molecule has 56 heavy (non-hydrogen) atoms. The molecule has 1 atom stereocenters. The molecule has 8 heteroatoms. The summed E-state index contributed by atoms with van der Waals surface area (Å²) >= 11 is 0. The molecule has 298 valence electrons. The van der Waals surface area contributed by atoms with Crippen LogP contribution in [0, 0.1) is 0 Å². The fourth-order valence-electron chi connectivity index (χ4n) is 9.10. The first-order valence-electron chi connectivity index (χ1n) is 20.8. The number of allylic oxidation sites excluding steroid dienone is 6. The topological polar surface area (TPSA) is 59.0 Å². The fourth-order valence-corrected chi connectivity index (χ4v) is 9.10. The summed E-state index contributed by atoms with van der Waals surface area (Å²) in [7, 11) is 12.1. The van der Waals surface area contributed by atoms with Crippen molar-refractivity contribution in [2.45, 2.75) is 76.7 Å². The monoisotopic (exact) mass is 758 g/mol. The minimum Gasteiger partial charge on any atom is -0.423 e. The van der Waals surface area contributed by atoms with Gasteiger partial charge in [-0.2, -0.15) is 0 Å². The van der Waals surface area contributed by atoms with Gasteiger partial charge in [0.15, 0.2) is 0 Å². The first-order valence-corrected chi connectivity index (χ1v) is 20.8. The molecule has 0 amide bonds. The Morgan fingerprint density at radius 2 is 1.41 bits per heavy atom.